The third-order valence-corrected chi connectivity index (χ3v) is 3.58. The maximum Gasteiger partial charge on any atom is 0.419 e. The molecule has 0 spiro atoms. The topological polar surface area (TPSA) is 74.6 Å². The maximum absolute atomic E-state index is 12.5. The summed E-state index contributed by atoms with van der Waals surface area (Å²) in [4.78, 5) is 35.5. The van der Waals surface area contributed by atoms with Gasteiger partial charge in [-0.05, 0) is 54.9 Å². The van der Waals surface area contributed by atoms with Crippen LogP contribution in [0, 0.1) is 0 Å². The molecule has 6 nitrogen and oxygen atoms in total. The van der Waals surface area contributed by atoms with Gasteiger partial charge in [0, 0.05) is 15.4 Å². The first-order valence-corrected chi connectivity index (χ1v) is 7.59. The molecule has 122 valence electrons. The lowest BCUT2D eigenvalue weighted by molar-refractivity contribution is 0.0489. The summed E-state index contributed by atoms with van der Waals surface area (Å²) in [6.07, 6.45) is -0.0141. The van der Waals surface area contributed by atoms with E-state index in [9.17, 15) is 14.4 Å². The highest BCUT2D eigenvalue weighted by Crippen LogP contribution is 2.30. The molecule has 7 heteroatoms. The molecule has 0 bridgehead atoms. The fraction of sp³-hybridized carbons (Fsp3) is 0.312. The molecule has 1 heterocycles. The molecule has 0 saturated heterocycles. The third-order valence-electron chi connectivity index (χ3n) is 2.98. The summed E-state index contributed by atoms with van der Waals surface area (Å²) in [5, 5.41) is 0.549. The number of halogens is 1. The molecular formula is C16H16BrNO5. The molecular weight excluding hydrogens is 366 g/mol. The van der Waals surface area contributed by atoms with Crippen molar-refractivity contribution in [3.63, 3.8) is 0 Å². The van der Waals surface area contributed by atoms with Crippen molar-refractivity contribution in [2.45, 2.75) is 26.4 Å². The van der Waals surface area contributed by atoms with Crippen molar-refractivity contribution in [2.24, 2.45) is 0 Å². The van der Waals surface area contributed by atoms with Crippen LogP contribution in [0.2, 0.25) is 0 Å². The molecule has 0 aliphatic carbocycles. The minimum Gasteiger partial charge on any atom is -0.464 e. The van der Waals surface area contributed by atoms with Crippen LogP contribution in [-0.2, 0) is 9.47 Å². The molecule has 0 saturated carbocycles. The van der Waals surface area contributed by atoms with Crippen molar-refractivity contribution in [3.8, 4) is 0 Å². The van der Waals surface area contributed by atoms with Gasteiger partial charge in [-0.1, -0.05) is 0 Å². The van der Waals surface area contributed by atoms with Crippen LogP contribution in [0.3, 0.4) is 0 Å². The summed E-state index contributed by atoms with van der Waals surface area (Å²) < 4.78 is 11.7. The highest BCUT2D eigenvalue weighted by atomic mass is 79.9. The molecule has 2 aromatic rings. The van der Waals surface area contributed by atoms with Crippen LogP contribution >= 0.6 is 15.9 Å². The summed E-state index contributed by atoms with van der Waals surface area (Å²) in [7, 11) is 1.23. The maximum atomic E-state index is 12.5. The lowest BCUT2D eigenvalue weighted by Gasteiger charge is -2.20. The number of hydrogen-bond donors (Lipinski definition) is 0. The second-order valence-corrected chi connectivity index (χ2v) is 6.75. The van der Waals surface area contributed by atoms with E-state index in [-0.39, 0.29) is 5.69 Å². The quantitative estimate of drug-likeness (QED) is 0.584. The van der Waals surface area contributed by atoms with Crippen molar-refractivity contribution in [1.82, 2.24) is 4.57 Å². The number of aromatic nitrogens is 1. The Morgan fingerprint density at radius 2 is 1.87 bits per heavy atom. The first kappa shape index (κ1) is 17.2. The number of carbonyl (C=O) groups is 3. The fourth-order valence-corrected chi connectivity index (χ4v) is 2.81. The first-order valence-electron chi connectivity index (χ1n) is 6.80. The van der Waals surface area contributed by atoms with Crippen LogP contribution in [0.25, 0.3) is 10.9 Å². The molecule has 0 radical (unpaired) electrons. The van der Waals surface area contributed by atoms with E-state index in [4.69, 9.17) is 9.47 Å². The van der Waals surface area contributed by atoms with Crippen molar-refractivity contribution in [3.05, 3.63) is 33.9 Å². The zero-order chi connectivity index (χ0) is 17.4. The number of esters is 1. The fourth-order valence-electron chi connectivity index (χ4n) is 2.14. The zero-order valence-corrected chi connectivity index (χ0v) is 14.8. The van der Waals surface area contributed by atoms with Crippen LogP contribution in [-0.4, -0.2) is 35.6 Å². The van der Waals surface area contributed by atoms with E-state index < -0.39 is 17.7 Å². The van der Waals surface area contributed by atoms with Crippen LogP contribution in [0.1, 0.15) is 41.6 Å². The molecule has 23 heavy (non-hydrogen) atoms. The summed E-state index contributed by atoms with van der Waals surface area (Å²) >= 11 is 3.33. The number of aldehydes is 1. The van der Waals surface area contributed by atoms with Gasteiger partial charge in [-0.15, -0.1) is 0 Å². The van der Waals surface area contributed by atoms with Crippen molar-refractivity contribution < 1.29 is 23.9 Å². The number of methoxy groups -OCH3 is 1. The Morgan fingerprint density at radius 3 is 2.39 bits per heavy atom. The molecule has 0 atom stereocenters. The number of benzene rings is 1. The lowest BCUT2D eigenvalue weighted by atomic mass is 10.2. The number of ether oxygens (including phenoxy) is 2. The van der Waals surface area contributed by atoms with Crippen LogP contribution < -0.4 is 0 Å². The monoisotopic (exact) mass is 381 g/mol. The Morgan fingerprint density at radius 1 is 1.22 bits per heavy atom. The van der Waals surface area contributed by atoms with Gasteiger partial charge in [0.15, 0.2) is 0 Å². The number of carbonyl (C=O) groups excluding carboxylic acids is 3. The van der Waals surface area contributed by atoms with Gasteiger partial charge in [-0.25, -0.2) is 14.2 Å². The van der Waals surface area contributed by atoms with Gasteiger partial charge in [0.05, 0.1) is 12.6 Å². The summed E-state index contributed by atoms with van der Waals surface area (Å²) in [5.41, 5.74) is 0.156. The van der Waals surface area contributed by atoms with Gasteiger partial charge in [0.2, 0.25) is 0 Å². The third kappa shape index (κ3) is 3.44. The Labute approximate surface area is 141 Å². The first-order chi connectivity index (χ1) is 10.7. The van der Waals surface area contributed by atoms with Gasteiger partial charge in [0.25, 0.3) is 0 Å². The smallest absolute Gasteiger partial charge is 0.419 e. The highest BCUT2D eigenvalue weighted by Gasteiger charge is 2.26. The Hall–Kier alpha value is -2.15. The van der Waals surface area contributed by atoms with E-state index in [0.717, 1.165) is 4.57 Å². The molecule has 2 rings (SSSR count). The average Bonchev–Trinajstić information content (AvgIpc) is 2.84. The Bertz CT molecular complexity index is 801. The van der Waals surface area contributed by atoms with E-state index in [1.54, 1.807) is 32.9 Å². The van der Waals surface area contributed by atoms with Crippen molar-refractivity contribution >= 4 is 45.2 Å². The van der Waals surface area contributed by atoms with Gasteiger partial charge >= 0.3 is 12.1 Å². The van der Waals surface area contributed by atoms with E-state index in [1.807, 2.05) is 0 Å². The summed E-state index contributed by atoms with van der Waals surface area (Å²) in [6, 6.07) is 4.64. The van der Waals surface area contributed by atoms with E-state index in [2.05, 4.69) is 15.9 Å². The zero-order valence-electron chi connectivity index (χ0n) is 13.2. The summed E-state index contributed by atoms with van der Waals surface area (Å²) in [5.74, 6) is -0.674. The molecule has 0 N–H and O–H groups in total. The predicted octanol–water partition coefficient (Wildman–Crippen LogP) is 3.79. The minimum absolute atomic E-state index is 0.0282. The average molecular weight is 382 g/mol. The predicted molar refractivity (Wildman–Crippen MR) is 88.0 cm³/mol. The number of rotatable bonds is 2. The molecule has 1 aromatic heterocycles. The van der Waals surface area contributed by atoms with Crippen molar-refractivity contribution in [1.29, 1.82) is 0 Å². The van der Waals surface area contributed by atoms with Gasteiger partial charge in [-0.3, -0.25) is 4.79 Å². The number of fused-ring (bicyclic) bond motifs is 1. The largest absolute Gasteiger partial charge is 0.464 e. The van der Waals surface area contributed by atoms with Crippen LogP contribution in [0.4, 0.5) is 4.79 Å². The molecule has 0 unspecified atom stereocenters. The van der Waals surface area contributed by atoms with E-state index >= 15 is 0 Å². The SMILES string of the molecule is COC(=O)c1cc2cc(C=O)cc(Br)c2n1C(=O)OC(C)(C)C. The standard InChI is InChI=1S/C16H16BrNO5/c1-16(2,3)23-15(21)18-12(14(20)22-4)7-10-5-9(8-19)6-11(17)13(10)18/h5-8H,1-4H3. The Balaban J connectivity index is 2.75. The molecule has 0 fully saturated rings. The highest BCUT2D eigenvalue weighted by molar-refractivity contribution is 9.10. The molecule has 0 aliphatic heterocycles. The minimum atomic E-state index is -0.726. The molecule has 0 amide bonds. The molecule has 0 aliphatic rings. The number of nitrogens with zero attached hydrogens (tertiary/aromatic N) is 1. The van der Waals surface area contributed by atoms with Gasteiger partial charge in [-0.2, -0.15) is 0 Å². The van der Waals surface area contributed by atoms with Crippen LogP contribution in [0.5, 0.6) is 0 Å². The Kier molecular flexibility index (Phi) is 4.61. The summed E-state index contributed by atoms with van der Waals surface area (Å²) in [6.45, 7) is 5.19. The number of hydrogen-bond acceptors (Lipinski definition) is 5. The second kappa shape index (κ2) is 6.16. The van der Waals surface area contributed by atoms with Gasteiger partial charge < -0.3 is 9.47 Å². The van der Waals surface area contributed by atoms with E-state index in [0.29, 0.717) is 27.2 Å². The second-order valence-electron chi connectivity index (χ2n) is 5.90. The normalized spacial score (nSPS) is 11.3. The van der Waals surface area contributed by atoms with Gasteiger partial charge in [0.1, 0.15) is 17.6 Å². The molecule has 1 aromatic carbocycles. The van der Waals surface area contributed by atoms with E-state index in [1.165, 1.54) is 13.2 Å². The lowest BCUT2D eigenvalue weighted by Crippen LogP contribution is -2.29. The van der Waals surface area contributed by atoms with Crippen LogP contribution in [0.15, 0.2) is 22.7 Å². The van der Waals surface area contributed by atoms with Crippen molar-refractivity contribution in [2.75, 3.05) is 7.11 Å².